The van der Waals surface area contributed by atoms with Crippen molar-refractivity contribution in [1.29, 1.82) is 0 Å². The van der Waals surface area contributed by atoms with Crippen LogP contribution in [0, 0.1) is 12.8 Å². The number of fused-ring (bicyclic) bond motifs is 1. The maximum Gasteiger partial charge on any atom is 0.242 e. The van der Waals surface area contributed by atoms with Crippen LogP contribution in [0.3, 0.4) is 0 Å². The fourth-order valence-electron chi connectivity index (χ4n) is 4.69. The quantitative estimate of drug-likeness (QED) is 0.867. The fourth-order valence-corrected chi connectivity index (χ4v) is 4.69. The Morgan fingerprint density at radius 2 is 2.03 bits per heavy atom. The molecule has 29 heavy (non-hydrogen) atoms. The van der Waals surface area contributed by atoms with Gasteiger partial charge in [0.1, 0.15) is 6.04 Å². The molecule has 1 fully saturated rings. The smallest absolute Gasteiger partial charge is 0.242 e. The van der Waals surface area contributed by atoms with Crippen LogP contribution in [0.5, 0.6) is 0 Å². The van der Waals surface area contributed by atoms with Crippen molar-refractivity contribution < 1.29 is 9.59 Å². The van der Waals surface area contributed by atoms with Crippen LogP contribution in [-0.4, -0.2) is 39.1 Å². The van der Waals surface area contributed by atoms with E-state index in [2.05, 4.69) is 28.6 Å². The first kappa shape index (κ1) is 19.7. The van der Waals surface area contributed by atoms with Gasteiger partial charge in [0, 0.05) is 19.5 Å². The van der Waals surface area contributed by atoms with E-state index in [0.29, 0.717) is 13.1 Å². The van der Waals surface area contributed by atoms with Gasteiger partial charge < -0.3 is 10.2 Å². The minimum atomic E-state index is -0.405. The van der Waals surface area contributed by atoms with Crippen molar-refractivity contribution in [2.45, 2.75) is 58.0 Å². The molecule has 4 rings (SSSR count). The Kier molecular flexibility index (Phi) is 5.69. The molecule has 0 saturated carbocycles. The van der Waals surface area contributed by atoms with Crippen molar-refractivity contribution in [1.82, 2.24) is 20.0 Å². The number of aryl methyl sites for hydroxylation is 3. The van der Waals surface area contributed by atoms with Gasteiger partial charge in [-0.05, 0) is 62.6 Å². The topological polar surface area (TPSA) is 67.2 Å². The first-order valence-corrected chi connectivity index (χ1v) is 10.7. The molecular weight excluding hydrogens is 364 g/mol. The molecule has 1 aliphatic heterocycles. The van der Waals surface area contributed by atoms with E-state index in [0.717, 1.165) is 49.9 Å². The SMILES string of the molecule is Cc1cc(CN(C(=O)[C@H]2CCc3ccccc3C2)[C@H]2CCCCNC2=O)n(C)n1. The van der Waals surface area contributed by atoms with Crippen molar-refractivity contribution in [2.24, 2.45) is 13.0 Å². The van der Waals surface area contributed by atoms with Crippen LogP contribution in [0.4, 0.5) is 0 Å². The molecule has 6 heteroatoms. The highest BCUT2D eigenvalue weighted by Gasteiger charge is 2.36. The molecule has 2 atom stereocenters. The summed E-state index contributed by atoms with van der Waals surface area (Å²) >= 11 is 0. The third-order valence-corrected chi connectivity index (χ3v) is 6.29. The zero-order valence-corrected chi connectivity index (χ0v) is 17.4. The van der Waals surface area contributed by atoms with E-state index in [1.54, 1.807) is 0 Å². The van der Waals surface area contributed by atoms with E-state index in [1.807, 2.05) is 35.7 Å². The van der Waals surface area contributed by atoms with E-state index in [-0.39, 0.29) is 17.7 Å². The van der Waals surface area contributed by atoms with E-state index >= 15 is 0 Å². The number of nitrogens with one attached hydrogen (secondary N) is 1. The molecule has 2 amide bonds. The van der Waals surface area contributed by atoms with E-state index in [1.165, 1.54) is 11.1 Å². The van der Waals surface area contributed by atoms with Gasteiger partial charge in [-0.25, -0.2) is 0 Å². The maximum absolute atomic E-state index is 13.7. The largest absolute Gasteiger partial charge is 0.354 e. The molecule has 1 saturated heterocycles. The number of hydrogen-bond acceptors (Lipinski definition) is 3. The van der Waals surface area contributed by atoms with Gasteiger partial charge in [-0.3, -0.25) is 14.3 Å². The normalized spacial score (nSPS) is 21.8. The number of hydrogen-bond donors (Lipinski definition) is 1. The van der Waals surface area contributed by atoms with Crippen molar-refractivity contribution in [2.75, 3.05) is 6.54 Å². The zero-order valence-electron chi connectivity index (χ0n) is 17.4. The van der Waals surface area contributed by atoms with Gasteiger partial charge in [0.15, 0.2) is 0 Å². The number of rotatable bonds is 4. The minimum Gasteiger partial charge on any atom is -0.354 e. The van der Waals surface area contributed by atoms with E-state index in [4.69, 9.17) is 0 Å². The summed E-state index contributed by atoms with van der Waals surface area (Å²) < 4.78 is 1.82. The molecule has 0 spiro atoms. The van der Waals surface area contributed by atoms with Crippen LogP contribution in [0.1, 0.15) is 48.2 Å². The molecule has 1 N–H and O–H groups in total. The molecule has 2 aromatic rings. The summed E-state index contributed by atoms with van der Waals surface area (Å²) in [6.07, 6.45) is 5.15. The van der Waals surface area contributed by atoms with Gasteiger partial charge in [-0.15, -0.1) is 0 Å². The van der Waals surface area contributed by atoms with Crippen molar-refractivity contribution in [3.8, 4) is 0 Å². The van der Waals surface area contributed by atoms with Crippen LogP contribution in [0.15, 0.2) is 30.3 Å². The molecule has 0 bridgehead atoms. The third kappa shape index (κ3) is 4.21. The van der Waals surface area contributed by atoms with Gasteiger partial charge in [-0.1, -0.05) is 24.3 Å². The molecular formula is C23H30N4O2. The third-order valence-electron chi connectivity index (χ3n) is 6.29. The number of amides is 2. The number of aromatic nitrogens is 2. The summed E-state index contributed by atoms with van der Waals surface area (Å²) in [5.74, 6) is 0.00151. The highest BCUT2D eigenvalue weighted by Crippen LogP contribution is 2.29. The second kappa shape index (κ2) is 8.39. The summed E-state index contributed by atoms with van der Waals surface area (Å²) in [6.45, 7) is 3.07. The van der Waals surface area contributed by atoms with Crippen LogP contribution >= 0.6 is 0 Å². The van der Waals surface area contributed by atoms with Crippen LogP contribution < -0.4 is 5.32 Å². The molecule has 1 aliphatic carbocycles. The van der Waals surface area contributed by atoms with Gasteiger partial charge in [0.2, 0.25) is 11.8 Å². The Balaban J connectivity index is 1.61. The van der Waals surface area contributed by atoms with Crippen molar-refractivity contribution in [3.63, 3.8) is 0 Å². The van der Waals surface area contributed by atoms with Crippen LogP contribution in [0.25, 0.3) is 0 Å². The zero-order chi connectivity index (χ0) is 20.4. The number of benzene rings is 1. The lowest BCUT2D eigenvalue weighted by Gasteiger charge is -2.34. The summed E-state index contributed by atoms with van der Waals surface area (Å²) in [5, 5.41) is 7.43. The molecule has 0 unspecified atom stereocenters. The summed E-state index contributed by atoms with van der Waals surface area (Å²) in [7, 11) is 1.90. The summed E-state index contributed by atoms with van der Waals surface area (Å²) in [4.78, 5) is 28.3. The van der Waals surface area contributed by atoms with Gasteiger partial charge in [0.25, 0.3) is 0 Å². The molecule has 1 aromatic heterocycles. The molecule has 0 radical (unpaired) electrons. The standard InChI is InChI=1S/C23H30N4O2/c1-16-13-20(26(2)25-16)15-27(21-9-5-6-12-24-22(21)28)23(29)19-11-10-17-7-3-4-8-18(17)14-19/h3-4,7-8,13,19,21H,5-6,9-12,14-15H2,1-2H3,(H,24,28)/t19-,21-/m0/s1. The Bertz CT molecular complexity index is 904. The first-order valence-electron chi connectivity index (χ1n) is 10.7. The predicted octanol–water partition coefficient (Wildman–Crippen LogP) is 2.53. The average molecular weight is 395 g/mol. The Labute approximate surface area is 172 Å². The lowest BCUT2D eigenvalue weighted by Crippen LogP contribution is -2.51. The van der Waals surface area contributed by atoms with Crippen molar-refractivity contribution in [3.05, 3.63) is 52.8 Å². The molecule has 2 heterocycles. The highest BCUT2D eigenvalue weighted by atomic mass is 16.2. The monoisotopic (exact) mass is 394 g/mol. The van der Waals surface area contributed by atoms with Crippen LogP contribution in [-0.2, 0) is 36.0 Å². The Morgan fingerprint density at radius 3 is 2.79 bits per heavy atom. The Morgan fingerprint density at radius 1 is 1.24 bits per heavy atom. The van der Waals surface area contributed by atoms with Gasteiger partial charge in [-0.2, -0.15) is 5.10 Å². The fraction of sp³-hybridized carbons (Fsp3) is 0.522. The number of carbonyl (C=O) groups is 2. The predicted molar refractivity (Wildman–Crippen MR) is 111 cm³/mol. The number of nitrogens with zero attached hydrogens (tertiary/aromatic N) is 3. The number of carbonyl (C=O) groups excluding carboxylic acids is 2. The average Bonchev–Trinajstić information content (AvgIpc) is 2.90. The summed E-state index contributed by atoms with van der Waals surface area (Å²) in [6, 6.07) is 9.99. The minimum absolute atomic E-state index is 0.0223. The maximum atomic E-state index is 13.7. The van der Waals surface area contributed by atoms with Crippen molar-refractivity contribution >= 4 is 11.8 Å². The van der Waals surface area contributed by atoms with E-state index < -0.39 is 6.04 Å². The molecule has 154 valence electrons. The molecule has 1 aromatic carbocycles. The van der Waals surface area contributed by atoms with E-state index in [9.17, 15) is 9.59 Å². The first-order chi connectivity index (χ1) is 14.0. The second-order valence-electron chi connectivity index (χ2n) is 8.38. The highest BCUT2D eigenvalue weighted by molar-refractivity contribution is 5.89. The Hall–Kier alpha value is -2.63. The van der Waals surface area contributed by atoms with Gasteiger partial charge >= 0.3 is 0 Å². The second-order valence-corrected chi connectivity index (χ2v) is 8.38. The molecule has 2 aliphatic rings. The molecule has 6 nitrogen and oxygen atoms in total. The van der Waals surface area contributed by atoms with Gasteiger partial charge in [0.05, 0.1) is 17.9 Å². The summed E-state index contributed by atoms with van der Waals surface area (Å²) in [5.41, 5.74) is 4.49. The lowest BCUT2D eigenvalue weighted by atomic mass is 9.83. The van der Waals surface area contributed by atoms with Crippen LogP contribution in [0.2, 0.25) is 0 Å². The lowest BCUT2D eigenvalue weighted by molar-refractivity contribution is -0.144.